The molecule has 0 saturated carbocycles. The number of ether oxygens (including phenoxy) is 2. The summed E-state index contributed by atoms with van der Waals surface area (Å²) in [5, 5.41) is 11.9. The Morgan fingerprint density at radius 1 is 1.23 bits per heavy atom. The van der Waals surface area contributed by atoms with Crippen LogP contribution in [-0.2, 0) is 10.0 Å². The molecule has 1 heterocycles. The average molecular weight is 469 g/mol. The molecule has 1 unspecified atom stereocenters. The smallest absolute Gasteiger partial charge is 0.405 e. The molecule has 10 heteroatoms. The molecule has 1 aliphatic heterocycles. The number of hydrogen-bond donors (Lipinski definition) is 2. The Hall–Kier alpha value is -2.49. The minimum Gasteiger partial charge on any atom is -0.497 e. The zero-order valence-corrected chi connectivity index (χ0v) is 18.6. The van der Waals surface area contributed by atoms with Crippen LogP contribution >= 0.6 is 11.6 Å². The van der Waals surface area contributed by atoms with Crippen molar-refractivity contribution in [3.05, 3.63) is 59.1 Å². The lowest BCUT2D eigenvalue weighted by Crippen LogP contribution is -2.45. The molecule has 0 spiro atoms. The normalized spacial score (nSPS) is 16.5. The summed E-state index contributed by atoms with van der Waals surface area (Å²) in [6, 6.07) is 13.0. The number of halogens is 1. The maximum absolute atomic E-state index is 13.0. The predicted octanol–water partition coefficient (Wildman–Crippen LogP) is 3.53. The summed E-state index contributed by atoms with van der Waals surface area (Å²) in [6.07, 6.45) is -0.430. The number of nitrogens with one attached hydrogen (secondary N) is 1. The van der Waals surface area contributed by atoms with Gasteiger partial charge in [-0.05, 0) is 30.5 Å². The Morgan fingerprint density at radius 2 is 1.90 bits per heavy atom. The van der Waals surface area contributed by atoms with Crippen molar-refractivity contribution >= 4 is 27.7 Å². The fourth-order valence-electron chi connectivity index (χ4n) is 3.48. The number of benzene rings is 2. The van der Waals surface area contributed by atoms with Crippen LogP contribution in [0.15, 0.2) is 48.5 Å². The maximum atomic E-state index is 13.0. The Kier molecular flexibility index (Phi) is 7.64. The SMILES string of the molecule is COc1ccc(OC2CCN(S(=O)(=O)CC(NC(=O)O)c3ccccc3)CC2)c(Cl)c1. The Morgan fingerprint density at radius 3 is 2.48 bits per heavy atom. The third kappa shape index (κ3) is 6.25. The first-order chi connectivity index (χ1) is 14.8. The van der Waals surface area contributed by atoms with Crippen molar-refractivity contribution in [2.45, 2.75) is 25.0 Å². The summed E-state index contributed by atoms with van der Waals surface area (Å²) >= 11 is 6.22. The number of methoxy groups -OCH3 is 1. The highest BCUT2D eigenvalue weighted by atomic mass is 35.5. The summed E-state index contributed by atoms with van der Waals surface area (Å²) < 4.78 is 38.4. The monoisotopic (exact) mass is 468 g/mol. The van der Waals surface area contributed by atoms with Gasteiger partial charge in [-0.25, -0.2) is 17.5 Å². The van der Waals surface area contributed by atoms with Gasteiger partial charge < -0.3 is 19.9 Å². The van der Waals surface area contributed by atoms with Crippen LogP contribution in [-0.4, -0.2) is 56.0 Å². The lowest BCUT2D eigenvalue weighted by Gasteiger charge is -2.32. The molecule has 1 fully saturated rings. The Bertz CT molecular complexity index is 994. The second-order valence-corrected chi connectivity index (χ2v) is 9.62. The molecule has 2 N–H and O–H groups in total. The second-order valence-electron chi connectivity index (χ2n) is 7.20. The van der Waals surface area contributed by atoms with E-state index in [2.05, 4.69) is 5.32 Å². The molecule has 2 aromatic carbocycles. The number of piperidine rings is 1. The van der Waals surface area contributed by atoms with E-state index >= 15 is 0 Å². The molecule has 0 aliphatic carbocycles. The van der Waals surface area contributed by atoms with E-state index in [0.717, 1.165) is 0 Å². The lowest BCUT2D eigenvalue weighted by atomic mass is 10.1. The molecule has 0 radical (unpaired) electrons. The van der Waals surface area contributed by atoms with Gasteiger partial charge in [0.25, 0.3) is 0 Å². The zero-order chi connectivity index (χ0) is 22.4. The van der Waals surface area contributed by atoms with Crippen molar-refractivity contribution in [3.8, 4) is 11.5 Å². The number of sulfonamides is 1. The summed E-state index contributed by atoms with van der Waals surface area (Å²) in [5.41, 5.74) is 0.598. The topological polar surface area (TPSA) is 105 Å². The maximum Gasteiger partial charge on any atom is 0.405 e. The number of nitrogens with zero attached hydrogens (tertiary/aromatic N) is 1. The number of carbonyl (C=O) groups is 1. The molecule has 8 nitrogen and oxygen atoms in total. The molecule has 0 bridgehead atoms. The Labute approximate surface area is 186 Å². The van der Waals surface area contributed by atoms with Crippen LogP contribution in [0.1, 0.15) is 24.4 Å². The predicted molar refractivity (Wildman–Crippen MR) is 117 cm³/mol. The zero-order valence-electron chi connectivity index (χ0n) is 17.0. The molecule has 1 amide bonds. The van der Waals surface area contributed by atoms with E-state index in [0.29, 0.717) is 34.9 Å². The minimum absolute atomic E-state index is 0.167. The molecule has 1 saturated heterocycles. The van der Waals surface area contributed by atoms with Crippen molar-refractivity contribution in [2.24, 2.45) is 0 Å². The third-order valence-corrected chi connectivity index (χ3v) is 7.31. The first-order valence-electron chi connectivity index (χ1n) is 9.81. The fraction of sp³-hybridized carbons (Fsp3) is 0.381. The van der Waals surface area contributed by atoms with Crippen molar-refractivity contribution in [1.29, 1.82) is 0 Å². The highest BCUT2D eigenvalue weighted by molar-refractivity contribution is 7.89. The average Bonchev–Trinajstić information content (AvgIpc) is 2.75. The highest BCUT2D eigenvalue weighted by Gasteiger charge is 2.32. The minimum atomic E-state index is -3.68. The van der Waals surface area contributed by atoms with Gasteiger partial charge in [0.05, 0.1) is 23.9 Å². The number of rotatable bonds is 8. The summed E-state index contributed by atoms with van der Waals surface area (Å²) in [6.45, 7) is 0.574. The van der Waals surface area contributed by atoms with Crippen LogP contribution in [0.2, 0.25) is 5.02 Å². The lowest BCUT2D eigenvalue weighted by molar-refractivity contribution is 0.135. The van der Waals surface area contributed by atoms with Crippen molar-refractivity contribution < 1.29 is 27.8 Å². The standard InChI is InChI=1S/C21H25ClN2O6S/c1-29-17-7-8-20(18(22)13-17)30-16-9-11-24(12-10-16)31(27,28)14-19(23-21(25)26)15-5-3-2-4-6-15/h2-8,13,16,19,23H,9-12,14H2,1H3,(H,25,26). The van der Waals surface area contributed by atoms with Crippen molar-refractivity contribution in [3.63, 3.8) is 0 Å². The van der Waals surface area contributed by atoms with Crippen molar-refractivity contribution in [1.82, 2.24) is 9.62 Å². The number of hydrogen-bond acceptors (Lipinski definition) is 5. The van der Waals surface area contributed by atoms with E-state index in [1.165, 1.54) is 4.31 Å². The van der Waals surface area contributed by atoms with Crippen LogP contribution in [0.5, 0.6) is 11.5 Å². The van der Waals surface area contributed by atoms with E-state index in [1.54, 1.807) is 55.6 Å². The molecular weight excluding hydrogens is 444 g/mol. The van der Waals surface area contributed by atoms with Crippen LogP contribution in [0.4, 0.5) is 4.79 Å². The van der Waals surface area contributed by atoms with E-state index in [9.17, 15) is 13.2 Å². The molecule has 3 rings (SSSR count). The van der Waals surface area contributed by atoms with Gasteiger partial charge in [0.15, 0.2) is 0 Å². The second kappa shape index (κ2) is 10.2. The van der Waals surface area contributed by atoms with Gasteiger partial charge in [-0.3, -0.25) is 0 Å². The number of amides is 1. The van der Waals surface area contributed by atoms with E-state index in [-0.39, 0.29) is 24.9 Å². The Balaban J connectivity index is 1.61. The van der Waals surface area contributed by atoms with Crippen molar-refractivity contribution in [2.75, 3.05) is 26.0 Å². The first kappa shape index (κ1) is 23.2. The van der Waals surface area contributed by atoms with E-state index in [1.807, 2.05) is 0 Å². The summed E-state index contributed by atoms with van der Waals surface area (Å²) in [4.78, 5) is 11.2. The van der Waals surface area contributed by atoms with Crippen LogP contribution in [0.25, 0.3) is 0 Å². The highest BCUT2D eigenvalue weighted by Crippen LogP contribution is 2.31. The van der Waals surface area contributed by atoms with Crippen LogP contribution < -0.4 is 14.8 Å². The number of carboxylic acid groups (broad SMARTS) is 1. The van der Waals surface area contributed by atoms with Gasteiger partial charge in [-0.2, -0.15) is 0 Å². The molecule has 1 atom stereocenters. The van der Waals surface area contributed by atoms with E-state index < -0.39 is 22.2 Å². The summed E-state index contributed by atoms with van der Waals surface area (Å²) in [7, 11) is -2.13. The summed E-state index contributed by atoms with van der Waals surface area (Å²) in [5.74, 6) is 0.805. The quantitative estimate of drug-likeness (QED) is 0.614. The molecule has 0 aromatic heterocycles. The molecule has 31 heavy (non-hydrogen) atoms. The van der Waals surface area contributed by atoms with Gasteiger partial charge in [0.1, 0.15) is 17.6 Å². The van der Waals surface area contributed by atoms with Crippen LogP contribution in [0, 0.1) is 0 Å². The van der Waals surface area contributed by atoms with Gasteiger partial charge in [0.2, 0.25) is 10.0 Å². The molecule has 2 aromatic rings. The van der Waals surface area contributed by atoms with Crippen LogP contribution in [0.3, 0.4) is 0 Å². The van der Waals surface area contributed by atoms with Gasteiger partial charge in [0, 0.05) is 19.2 Å². The van der Waals surface area contributed by atoms with Gasteiger partial charge in [-0.1, -0.05) is 41.9 Å². The van der Waals surface area contributed by atoms with E-state index in [4.69, 9.17) is 26.2 Å². The first-order valence-corrected chi connectivity index (χ1v) is 11.8. The third-order valence-electron chi connectivity index (χ3n) is 5.10. The fourth-order valence-corrected chi connectivity index (χ4v) is 5.37. The van der Waals surface area contributed by atoms with Gasteiger partial charge in [-0.15, -0.1) is 0 Å². The molecular formula is C21H25ClN2O6S. The molecule has 1 aliphatic rings. The van der Waals surface area contributed by atoms with Gasteiger partial charge >= 0.3 is 6.09 Å². The molecule has 168 valence electrons. The largest absolute Gasteiger partial charge is 0.497 e.